The Morgan fingerprint density at radius 1 is 1.04 bits per heavy atom. The van der Waals surface area contributed by atoms with Gasteiger partial charge in [0.25, 0.3) is 0 Å². The summed E-state index contributed by atoms with van der Waals surface area (Å²) >= 11 is 0. The molecule has 0 saturated carbocycles. The standard InChI is InChI=1S/C13H27N3O4.C5H6N2O/c1-7-15(8-2)11(17)19-13(14(5)6)20-12(18)16(9-3)10-4;6-5-4(8)2-1-3-7-5/h13H,7-10H2,1-6H3;1-3,8H,(H2,6,7). The SMILES string of the molecule is CCN(CC)C(=O)OC(OC(=O)N(CC)CC)N(C)C.Nc1ncccc1O. The van der Waals surface area contributed by atoms with Crippen LogP contribution in [0.1, 0.15) is 27.7 Å². The van der Waals surface area contributed by atoms with Gasteiger partial charge in [-0.05, 0) is 53.9 Å². The Balaban J connectivity index is 0.000000749. The Labute approximate surface area is 166 Å². The van der Waals surface area contributed by atoms with Crippen molar-refractivity contribution in [2.24, 2.45) is 0 Å². The van der Waals surface area contributed by atoms with Crippen molar-refractivity contribution in [1.29, 1.82) is 0 Å². The van der Waals surface area contributed by atoms with Crippen LogP contribution >= 0.6 is 0 Å². The monoisotopic (exact) mass is 399 g/mol. The Hall–Kier alpha value is -2.75. The normalized spacial score (nSPS) is 10.1. The summed E-state index contributed by atoms with van der Waals surface area (Å²) in [5.74, 6) is 0.208. The summed E-state index contributed by atoms with van der Waals surface area (Å²) in [7, 11) is 3.35. The van der Waals surface area contributed by atoms with E-state index >= 15 is 0 Å². The van der Waals surface area contributed by atoms with Gasteiger partial charge in [-0.1, -0.05) is 0 Å². The lowest BCUT2D eigenvalue weighted by molar-refractivity contribution is -0.152. The first-order valence-electron chi connectivity index (χ1n) is 9.18. The van der Waals surface area contributed by atoms with Crippen molar-refractivity contribution in [2.75, 3.05) is 46.0 Å². The van der Waals surface area contributed by atoms with E-state index in [0.717, 1.165) is 0 Å². The number of hydrogen-bond acceptors (Lipinski definition) is 8. The summed E-state index contributed by atoms with van der Waals surface area (Å²) in [6, 6.07) is 3.11. The molecule has 0 radical (unpaired) electrons. The van der Waals surface area contributed by atoms with Gasteiger partial charge in [0, 0.05) is 32.4 Å². The molecule has 1 aromatic heterocycles. The summed E-state index contributed by atoms with van der Waals surface area (Å²) in [5, 5.41) is 8.73. The summed E-state index contributed by atoms with van der Waals surface area (Å²) in [4.78, 5) is 31.9. The van der Waals surface area contributed by atoms with Crippen molar-refractivity contribution in [3.8, 4) is 5.75 Å². The van der Waals surface area contributed by atoms with Gasteiger partial charge in [0.05, 0.1) is 0 Å². The molecular formula is C18H33N5O5. The second-order valence-electron chi connectivity index (χ2n) is 5.79. The highest BCUT2D eigenvalue weighted by molar-refractivity contribution is 5.69. The minimum absolute atomic E-state index is 0.0347. The Morgan fingerprint density at radius 3 is 1.71 bits per heavy atom. The second kappa shape index (κ2) is 13.4. The predicted molar refractivity (Wildman–Crippen MR) is 107 cm³/mol. The van der Waals surface area contributed by atoms with Gasteiger partial charge < -0.3 is 30.1 Å². The topological polar surface area (TPSA) is 121 Å². The zero-order valence-electron chi connectivity index (χ0n) is 17.6. The van der Waals surface area contributed by atoms with Crippen LogP contribution < -0.4 is 5.73 Å². The number of aromatic nitrogens is 1. The zero-order valence-corrected chi connectivity index (χ0v) is 17.6. The van der Waals surface area contributed by atoms with E-state index in [1.807, 2.05) is 27.7 Å². The number of aromatic hydroxyl groups is 1. The van der Waals surface area contributed by atoms with Gasteiger partial charge in [0.2, 0.25) is 0 Å². The molecule has 0 fully saturated rings. The first kappa shape index (κ1) is 25.2. The van der Waals surface area contributed by atoms with Gasteiger partial charge in [0.15, 0.2) is 11.6 Å². The molecule has 0 bridgehead atoms. The van der Waals surface area contributed by atoms with E-state index in [1.54, 1.807) is 20.2 Å². The molecule has 1 rings (SSSR count). The summed E-state index contributed by atoms with van der Waals surface area (Å²) in [6.07, 6.45) is -0.506. The number of nitrogens with two attached hydrogens (primary N) is 1. The minimum atomic E-state index is -1.03. The second-order valence-corrected chi connectivity index (χ2v) is 5.79. The highest BCUT2D eigenvalue weighted by atomic mass is 16.7. The maximum Gasteiger partial charge on any atom is 0.413 e. The lowest BCUT2D eigenvalue weighted by Gasteiger charge is -2.28. The molecule has 0 aliphatic rings. The number of anilines is 1. The van der Waals surface area contributed by atoms with Crippen LogP contribution in [0.15, 0.2) is 18.3 Å². The third-order valence-electron chi connectivity index (χ3n) is 3.68. The maximum absolute atomic E-state index is 11.9. The van der Waals surface area contributed by atoms with Gasteiger partial charge >= 0.3 is 18.6 Å². The zero-order chi connectivity index (χ0) is 21.7. The van der Waals surface area contributed by atoms with Crippen molar-refractivity contribution in [3.63, 3.8) is 0 Å². The molecule has 0 unspecified atom stereocenters. The molecule has 160 valence electrons. The molecule has 10 heteroatoms. The molecule has 10 nitrogen and oxygen atoms in total. The van der Waals surface area contributed by atoms with Crippen molar-refractivity contribution in [3.05, 3.63) is 18.3 Å². The molecule has 0 atom stereocenters. The summed E-state index contributed by atoms with van der Waals surface area (Å²) in [6.45, 7) is 9.60. The lowest BCUT2D eigenvalue weighted by atomic mass is 10.4. The van der Waals surface area contributed by atoms with Gasteiger partial charge in [-0.3, -0.25) is 0 Å². The number of amides is 2. The molecule has 0 spiro atoms. The first-order valence-corrected chi connectivity index (χ1v) is 9.18. The lowest BCUT2D eigenvalue weighted by Crippen LogP contribution is -2.44. The van der Waals surface area contributed by atoms with E-state index < -0.39 is 18.6 Å². The van der Waals surface area contributed by atoms with E-state index in [0.29, 0.717) is 26.2 Å². The Bertz CT molecular complexity index is 544. The van der Waals surface area contributed by atoms with Crippen molar-refractivity contribution in [1.82, 2.24) is 19.7 Å². The highest BCUT2D eigenvalue weighted by Crippen LogP contribution is 2.12. The fraction of sp³-hybridized carbons (Fsp3) is 0.611. The van der Waals surface area contributed by atoms with Gasteiger partial charge in [-0.2, -0.15) is 0 Å². The van der Waals surface area contributed by atoms with Crippen LogP contribution in [0, 0.1) is 0 Å². The maximum atomic E-state index is 11.9. The number of rotatable bonds is 7. The molecule has 2 amide bonds. The number of carbonyl (C=O) groups is 2. The molecule has 0 aliphatic carbocycles. The van der Waals surface area contributed by atoms with Gasteiger partial charge in [0.1, 0.15) is 0 Å². The molecule has 0 aromatic carbocycles. The Kier molecular flexibility index (Phi) is 12.1. The number of nitrogens with zero attached hydrogens (tertiary/aromatic N) is 4. The van der Waals surface area contributed by atoms with E-state index in [-0.39, 0.29) is 11.6 Å². The van der Waals surface area contributed by atoms with E-state index in [1.165, 1.54) is 27.0 Å². The number of hydrogen-bond donors (Lipinski definition) is 2. The first-order chi connectivity index (χ1) is 13.2. The van der Waals surface area contributed by atoms with Crippen molar-refractivity contribution in [2.45, 2.75) is 34.1 Å². The van der Waals surface area contributed by atoms with Crippen LogP contribution in [-0.2, 0) is 9.47 Å². The molecule has 0 saturated heterocycles. The van der Waals surface area contributed by atoms with Crippen LogP contribution in [0.25, 0.3) is 0 Å². The number of carbonyl (C=O) groups excluding carboxylic acids is 2. The third-order valence-corrected chi connectivity index (χ3v) is 3.68. The van der Waals surface area contributed by atoms with Crippen molar-refractivity contribution >= 4 is 18.0 Å². The fourth-order valence-corrected chi connectivity index (χ4v) is 1.93. The predicted octanol–water partition coefficient (Wildman–Crippen LogP) is 2.16. The van der Waals surface area contributed by atoms with Crippen LogP contribution in [0.5, 0.6) is 5.75 Å². The highest BCUT2D eigenvalue weighted by Gasteiger charge is 2.25. The Morgan fingerprint density at radius 2 is 1.46 bits per heavy atom. The molecule has 0 aliphatic heterocycles. The van der Waals surface area contributed by atoms with Crippen LogP contribution in [0.2, 0.25) is 0 Å². The number of pyridine rings is 1. The molecule has 1 aromatic rings. The average Bonchev–Trinajstić information content (AvgIpc) is 2.66. The molecule has 1 heterocycles. The molecule has 3 N–H and O–H groups in total. The number of nitrogen functional groups attached to an aromatic ring is 1. The van der Waals surface area contributed by atoms with E-state index in [4.69, 9.17) is 20.3 Å². The quantitative estimate of drug-likeness (QED) is 0.669. The van der Waals surface area contributed by atoms with E-state index in [2.05, 4.69) is 4.98 Å². The van der Waals surface area contributed by atoms with Crippen LogP contribution in [0.3, 0.4) is 0 Å². The average molecular weight is 399 g/mol. The van der Waals surface area contributed by atoms with Crippen LogP contribution in [-0.4, -0.2) is 83.7 Å². The summed E-state index contributed by atoms with van der Waals surface area (Å²) < 4.78 is 10.4. The van der Waals surface area contributed by atoms with Gasteiger partial charge in [-0.25, -0.2) is 19.5 Å². The van der Waals surface area contributed by atoms with Gasteiger partial charge in [-0.15, -0.1) is 0 Å². The van der Waals surface area contributed by atoms with Crippen LogP contribution in [0.4, 0.5) is 15.4 Å². The number of ether oxygens (including phenoxy) is 2. The fourth-order valence-electron chi connectivity index (χ4n) is 1.93. The third kappa shape index (κ3) is 8.76. The summed E-state index contributed by atoms with van der Waals surface area (Å²) in [5.41, 5.74) is 5.16. The minimum Gasteiger partial charge on any atom is -0.504 e. The molecule has 28 heavy (non-hydrogen) atoms. The van der Waals surface area contributed by atoms with Crippen molar-refractivity contribution < 1.29 is 24.2 Å². The van der Waals surface area contributed by atoms with E-state index in [9.17, 15) is 9.59 Å². The molecular weight excluding hydrogens is 366 g/mol. The largest absolute Gasteiger partial charge is 0.504 e. The smallest absolute Gasteiger partial charge is 0.413 e.